The Balaban J connectivity index is 1.77. The van der Waals surface area contributed by atoms with E-state index in [0.717, 1.165) is 27.9 Å². The summed E-state index contributed by atoms with van der Waals surface area (Å²) < 4.78 is 27.7. The van der Waals surface area contributed by atoms with Crippen LogP contribution in [-0.4, -0.2) is 14.3 Å². The Morgan fingerprint density at radius 2 is 1.31 bits per heavy atom. The normalized spacial score (nSPS) is 11.2. The third-order valence-corrected chi connectivity index (χ3v) is 6.04. The number of aryl methyl sites for hydroxylation is 4. The summed E-state index contributed by atoms with van der Waals surface area (Å²) >= 11 is 0. The van der Waals surface area contributed by atoms with E-state index in [4.69, 9.17) is 0 Å². The standard InChI is InChI=1S/C23H24N2O3S/c1-15-5-9-20(10-6-15)25-29(27,28)21-11-7-19(8-12-21)23(26)24-22-17(3)13-16(2)14-18(22)4/h5-14,25H,1-4H3,(H,24,26). The highest BCUT2D eigenvalue weighted by Gasteiger charge is 2.16. The Morgan fingerprint density at radius 1 is 0.759 bits per heavy atom. The van der Waals surface area contributed by atoms with E-state index >= 15 is 0 Å². The maximum absolute atomic E-state index is 12.6. The molecular weight excluding hydrogens is 384 g/mol. The number of anilines is 2. The van der Waals surface area contributed by atoms with Gasteiger partial charge in [-0.1, -0.05) is 35.4 Å². The second kappa shape index (κ2) is 8.09. The first-order chi connectivity index (χ1) is 13.7. The molecule has 0 radical (unpaired) electrons. The molecule has 0 aliphatic heterocycles. The minimum atomic E-state index is -3.73. The number of rotatable bonds is 5. The number of carbonyl (C=O) groups excluding carboxylic acids is 1. The predicted molar refractivity (Wildman–Crippen MR) is 117 cm³/mol. The van der Waals surface area contributed by atoms with Gasteiger partial charge >= 0.3 is 0 Å². The van der Waals surface area contributed by atoms with Crippen LogP contribution in [0.2, 0.25) is 0 Å². The zero-order chi connectivity index (χ0) is 21.2. The number of benzene rings is 3. The largest absolute Gasteiger partial charge is 0.322 e. The van der Waals surface area contributed by atoms with Crippen molar-refractivity contribution in [3.05, 3.63) is 88.5 Å². The van der Waals surface area contributed by atoms with Crippen LogP contribution < -0.4 is 10.0 Å². The van der Waals surface area contributed by atoms with E-state index in [-0.39, 0.29) is 10.8 Å². The van der Waals surface area contributed by atoms with Crippen molar-refractivity contribution in [3.63, 3.8) is 0 Å². The quantitative estimate of drug-likeness (QED) is 0.626. The molecule has 0 fully saturated rings. The zero-order valence-electron chi connectivity index (χ0n) is 16.9. The molecule has 0 heterocycles. The van der Waals surface area contributed by atoms with Crippen molar-refractivity contribution in [2.45, 2.75) is 32.6 Å². The molecule has 2 N–H and O–H groups in total. The highest BCUT2D eigenvalue weighted by Crippen LogP contribution is 2.23. The van der Waals surface area contributed by atoms with Gasteiger partial charge in [0, 0.05) is 16.9 Å². The Bertz CT molecular complexity index is 1130. The molecule has 3 rings (SSSR count). The molecule has 0 bridgehead atoms. The molecule has 3 aromatic rings. The first kappa shape index (κ1) is 20.6. The molecule has 0 unspecified atom stereocenters. The summed E-state index contributed by atoms with van der Waals surface area (Å²) in [6.07, 6.45) is 0. The summed E-state index contributed by atoms with van der Waals surface area (Å²) in [4.78, 5) is 12.7. The molecule has 150 valence electrons. The summed E-state index contributed by atoms with van der Waals surface area (Å²) in [7, 11) is -3.73. The molecule has 29 heavy (non-hydrogen) atoms. The number of carbonyl (C=O) groups is 1. The van der Waals surface area contributed by atoms with Gasteiger partial charge in [-0.05, 0) is 75.2 Å². The number of amides is 1. The Labute approximate surface area is 171 Å². The van der Waals surface area contributed by atoms with Crippen molar-refractivity contribution in [2.75, 3.05) is 10.0 Å². The fourth-order valence-corrected chi connectivity index (χ4v) is 4.24. The average molecular weight is 409 g/mol. The SMILES string of the molecule is Cc1ccc(NS(=O)(=O)c2ccc(C(=O)Nc3c(C)cc(C)cc3C)cc2)cc1. The number of hydrogen-bond donors (Lipinski definition) is 2. The topological polar surface area (TPSA) is 75.3 Å². The van der Waals surface area contributed by atoms with Crippen molar-refractivity contribution < 1.29 is 13.2 Å². The third kappa shape index (κ3) is 4.84. The lowest BCUT2D eigenvalue weighted by Gasteiger charge is -2.13. The van der Waals surface area contributed by atoms with Gasteiger partial charge in [0.2, 0.25) is 0 Å². The van der Waals surface area contributed by atoms with Gasteiger partial charge in [0.05, 0.1) is 4.90 Å². The predicted octanol–water partition coefficient (Wildman–Crippen LogP) is 4.97. The summed E-state index contributed by atoms with van der Waals surface area (Å²) in [5.41, 5.74) is 5.80. The number of hydrogen-bond acceptors (Lipinski definition) is 3. The van der Waals surface area contributed by atoms with Crippen LogP contribution in [-0.2, 0) is 10.0 Å². The minimum Gasteiger partial charge on any atom is -0.322 e. The van der Waals surface area contributed by atoms with E-state index in [1.54, 1.807) is 12.1 Å². The maximum Gasteiger partial charge on any atom is 0.261 e. The molecule has 0 aliphatic rings. The van der Waals surface area contributed by atoms with Crippen LogP contribution >= 0.6 is 0 Å². The van der Waals surface area contributed by atoms with Gasteiger partial charge < -0.3 is 5.32 Å². The van der Waals surface area contributed by atoms with Crippen LogP contribution in [0.15, 0.2) is 65.6 Å². The van der Waals surface area contributed by atoms with Gasteiger partial charge in [0.15, 0.2) is 0 Å². The molecule has 3 aromatic carbocycles. The summed E-state index contributed by atoms with van der Waals surface area (Å²) in [5, 5.41) is 2.92. The fraction of sp³-hybridized carbons (Fsp3) is 0.174. The van der Waals surface area contributed by atoms with Crippen LogP contribution in [0.25, 0.3) is 0 Å². The molecule has 0 aliphatic carbocycles. The molecule has 6 heteroatoms. The van der Waals surface area contributed by atoms with Crippen molar-refractivity contribution in [2.24, 2.45) is 0 Å². The van der Waals surface area contributed by atoms with Gasteiger partial charge in [-0.15, -0.1) is 0 Å². The molecule has 0 saturated heterocycles. The maximum atomic E-state index is 12.6. The van der Waals surface area contributed by atoms with Crippen LogP contribution in [0.4, 0.5) is 11.4 Å². The lowest BCUT2D eigenvalue weighted by Crippen LogP contribution is -2.15. The van der Waals surface area contributed by atoms with E-state index in [1.807, 2.05) is 52.0 Å². The number of nitrogens with one attached hydrogen (secondary N) is 2. The molecular formula is C23H24N2O3S. The van der Waals surface area contributed by atoms with E-state index in [2.05, 4.69) is 10.0 Å². The molecule has 0 atom stereocenters. The Hall–Kier alpha value is -3.12. The highest BCUT2D eigenvalue weighted by molar-refractivity contribution is 7.92. The molecule has 0 saturated carbocycles. The van der Waals surface area contributed by atoms with Gasteiger partial charge in [-0.25, -0.2) is 8.42 Å². The third-order valence-electron chi connectivity index (χ3n) is 4.65. The van der Waals surface area contributed by atoms with E-state index in [0.29, 0.717) is 11.3 Å². The molecule has 5 nitrogen and oxygen atoms in total. The molecule has 1 amide bonds. The number of sulfonamides is 1. The lowest BCUT2D eigenvalue weighted by molar-refractivity contribution is 0.102. The minimum absolute atomic E-state index is 0.0947. The lowest BCUT2D eigenvalue weighted by atomic mass is 10.0. The van der Waals surface area contributed by atoms with Crippen molar-refractivity contribution in [1.29, 1.82) is 0 Å². The van der Waals surface area contributed by atoms with Gasteiger partial charge in [-0.3, -0.25) is 9.52 Å². The van der Waals surface area contributed by atoms with Crippen LogP contribution in [0, 0.1) is 27.7 Å². The van der Waals surface area contributed by atoms with Crippen molar-refractivity contribution in [3.8, 4) is 0 Å². The summed E-state index contributed by atoms with van der Waals surface area (Å²) in [5.74, 6) is -0.282. The summed E-state index contributed by atoms with van der Waals surface area (Å²) in [6.45, 7) is 7.83. The van der Waals surface area contributed by atoms with Crippen molar-refractivity contribution in [1.82, 2.24) is 0 Å². The van der Waals surface area contributed by atoms with E-state index < -0.39 is 10.0 Å². The monoisotopic (exact) mass is 408 g/mol. The first-order valence-electron chi connectivity index (χ1n) is 9.24. The Morgan fingerprint density at radius 3 is 1.86 bits per heavy atom. The van der Waals surface area contributed by atoms with Crippen LogP contribution in [0.5, 0.6) is 0 Å². The zero-order valence-corrected chi connectivity index (χ0v) is 17.7. The van der Waals surface area contributed by atoms with Gasteiger partial charge in [0.25, 0.3) is 15.9 Å². The second-order valence-corrected chi connectivity index (χ2v) is 8.91. The van der Waals surface area contributed by atoms with Gasteiger partial charge in [-0.2, -0.15) is 0 Å². The Kier molecular flexibility index (Phi) is 5.75. The van der Waals surface area contributed by atoms with E-state index in [9.17, 15) is 13.2 Å². The second-order valence-electron chi connectivity index (χ2n) is 7.22. The fourth-order valence-electron chi connectivity index (χ4n) is 3.18. The summed E-state index contributed by atoms with van der Waals surface area (Å²) in [6, 6.07) is 17.0. The van der Waals surface area contributed by atoms with Crippen molar-refractivity contribution >= 4 is 27.3 Å². The van der Waals surface area contributed by atoms with E-state index in [1.165, 1.54) is 24.3 Å². The molecule has 0 aromatic heterocycles. The average Bonchev–Trinajstić information content (AvgIpc) is 2.66. The smallest absolute Gasteiger partial charge is 0.261 e. The molecule has 0 spiro atoms. The first-order valence-corrected chi connectivity index (χ1v) is 10.7. The van der Waals surface area contributed by atoms with Crippen LogP contribution in [0.3, 0.4) is 0 Å². The van der Waals surface area contributed by atoms with Crippen LogP contribution in [0.1, 0.15) is 32.6 Å². The van der Waals surface area contributed by atoms with Gasteiger partial charge in [0.1, 0.15) is 0 Å². The highest BCUT2D eigenvalue weighted by atomic mass is 32.2.